The van der Waals surface area contributed by atoms with E-state index in [4.69, 9.17) is 5.26 Å². The van der Waals surface area contributed by atoms with Crippen molar-refractivity contribution in [3.8, 4) is 6.07 Å². The fourth-order valence-electron chi connectivity index (χ4n) is 1.56. The molecule has 0 aliphatic heterocycles. The van der Waals surface area contributed by atoms with Gasteiger partial charge in [0, 0.05) is 16.2 Å². The van der Waals surface area contributed by atoms with Gasteiger partial charge in [0.1, 0.15) is 11.8 Å². The minimum atomic E-state index is -0.0148. The van der Waals surface area contributed by atoms with Crippen LogP contribution in [-0.2, 0) is 6.54 Å². The van der Waals surface area contributed by atoms with Crippen LogP contribution in [-0.4, -0.2) is 10.4 Å². The molecule has 2 rings (SSSR count). The standard InChI is InChI=1S/C13H9BrN2O/c14-11-4-1-3-10(7-11)13(17)9-16-6-2-5-12(16)8-15/h1-7H,9H2. The van der Waals surface area contributed by atoms with Gasteiger partial charge < -0.3 is 4.57 Å². The number of hydrogen-bond acceptors (Lipinski definition) is 2. The maximum atomic E-state index is 12.0. The van der Waals surface area contributed by atoms with Crippen molar-refractivity contribution < 1.29 is 4.79 Å². The Hall–Kier alpha value is -1.86. The molecule has 1 aromatic carbocycles. The Morgan fingerprint density at radius 2 is 2.18 bits per heavy atom. The fourth-order valence-corrected chi connectivity index (χ4v) is 1.96. The van der Waals surface area contributed by atoms with Crippen LogP contribution >= 0.6 is 15.9 Å². The summed E-state index contributed by atoms with van der Waals surface area (Å²) in [4.78, 5) is 12.0. The van der Waals surface area contributed by atoms with E-state index >= 15 is 0 Å². The lowest BCUT2D eigenvalue weighted by Gasteiger charge is -2.04. The molecule has 84 valence electrons. The highest BCUT2D eigenvalue weighted by atomic mass is 79.9. The zero-order valence-electron chi connectivity index (χ0n) is 8.93. The highest BCUT2D eigenvalue weighted by Crippen LogP contribution is 2.13. The van der Waals surface area contributed by atoms with Gasteiger partial charge in [-0.2, -0.15) is 5.26 Å². The molecule has 0 saturated heterocycles. The van der Waals surface area contributed by atoms with Crippen molar-refractivity contribution in [1.82, 2.24) is 4.57 Å². The molecule has 0 N–H and O–H groups in total. The Balaban J connectivity index is 2.21. The van der Waals surface area contributed by atoms with E-state index in [2.05, 4.69) is 15.9 Å². The number of carbonyl (C=O) groups excluding carboxylic acids is 1. The van der Waals surface area contributed by atoms with Crippen molar-refractivity contribution in [2.75, 3.05) is 0 Å². The minimum absolute atomic E-state index is 0.0148. The van der Waals surface area contributed by atoms with E-state index in [1.165, 1.54) is 0 Å². The molecule has 0 amide bonds. The summed E-state index contributed by atoms with van der Waals surface area (Å²) in [7, 11) is 0. The van der Waals surface area contributed by atoms with Crippen LogP contribution in [0.5, 0.6) is 0 Å². The number of nitrogens with zero attached hydrogens (tertiary/aromatic N) is 2. The summed E-state index contributed by atoms with van der Waals surface area (Å²) in [5.41, 5.74) is 1.13. The number of Topliss-reactive ketones (excluding diaryl/α,β-unsaturated/α-hetero) is 1. The first-order valence-corrected chi connectivity index (χ1v) is 5.84. The van der Waals surface area contributed by atoms with Crippen LogP contribution < -0.4 is 0 Å². The number of rotatable bonds is 3. The molecule has 0 fully saturated rings. The minimum Gasteiger partial charge on any atom is -0.332 e. The lowest BCUT2D eigenvalue weighted by atomic mass is 10.1. The number of aromatic nitrogens is 1. The first-order valence-electron chi connectivity index (χ1n) is 5.05. The van der Waals surface area contributed by atoms with Gasteiger partial charge in [-0.3, -0.25) is 4.79 Å². The topological polar surface area (TPSA) is 45.8 Å². The molecule has 0 aliphatic rings. The Morgan fingerprint density at radius 1 is 1.35 bits per heavy atom. The van der Waals surface area contributed by atoms with Gasteiger partial charge in [0.05, 0.1) is 6.54 Å². The van der Waals surface area contributed by atoms with E-state index in [9.17, 15) is 4.79 Å². The summed E-state index contributed by atoms with van der Waals surface area (Å²) in [5.74, 6) is -0.0148. The van der Waals surface area contributed by atoms with E-state index in [0.29, 0.717) is 11.3 Å². The van der Waals surface area contributed by atoms with Crippen molar-refractivity contribution in [2.45, 2.75) is 6.54 Å². The summed E-state index contributed by atoms with van der Waals surface area (Å²) >= 11 is 3.33. The van der Waals surface area contributed by atoms with E-state index < -0.39 is 0 Å². The van der Waals surface area contributed by atoms with Crippen molar-refractivity contribution in [2.24, 2.45) is 0 Å². The quantitative estimate of drug-likeness (QED) is 0.815. The fraction of sp³-hybridized carbons (Fsp3) is 0.0769. The molecule has 2 aromatic rings. The van der Waals surface area contributed by atoms with E-state index in [1.54, 1.807) is 35.0 Å². The number of halogens is 1. The molecule has 0 radical (unpaired) electrons. The molecule has 1 heterocycles. The summed E-state index contributed by atoms with van der Waals surface area (Å²) in [5, 5.41) is 8.85. The second kappa shape index (κ2) is 4.98. The maximum Gasteiger partial charge on any atom is 0.182 e. The molecule has 0 saturated carbocycles. The van der Waals surface area contributed by atoms with Gasteiger partial charge in [-0.15, -0.1) is 0 Å². The Labute approximate surface area is 107 Å². The first kappa shape index (κ1) is 11.6. The number of ketones is 1. The van der Waals surface area contributed by atoms with Crippen LogP contribution in [0.1, 0.15) is 16.1 Å². The monoisotopic (exact) mass is 288 g/mol. The Bertz CT molecular complexity index is 595. The molecule has 0 spiro atoms. The molecule has 17 heavy (non-hydrogen) atoms. The van der Waals surface area contributed by atoms with Crippen LogP contribution in [0.25, 0.3) is 0 Å². The van der Waals surface area contributed by atoms with Crippen LogP contribution in [0.3, 0.4) is 0 Å². The average molecular weight is 289 g/mol. The predicted molar refractivity (Wildman–Crippen MR) is 67.6 cm³/mol. The molecular weight excluding hydrogens is 280 g/mol. The van der Waals surface area contributed by atoms with Gasteiger partial charge in [-0.05, 0) is 24.3 Å². The molecule has 1 aromatic heterocycles. The van der Waals surface area contributed by atoms with Gasteiger partial charge in [0.15, 0.2) is 5.78 Å². The lowest BCUT2D eigenvalue weighted by Crippen LogP contribution is -2.10. The van der Waals surface area contributed by atoms with Crippen molar-refractivity contribution >= 4 is 21.7 Å². The van der Waals surface area contributed by atoms with Crippen molar-refractivity contribution in [3.63, 3.8) is 0 Å². The Kier molecular flexibility index (Phi) is 3.40. The second-order valence-electron chi connectivity index (χ2n) is 3.57. The molecule has 4 heteroatoms. The summed E-state index contributed by atoms with van der Waals surface area (Å²) in [6, 6.07) is 12.7. The highest BCUT2D eigenvalue weighted by molar-refractivity contribution is 9.10. The third-order valence-corrected chi connectivity index (χ3v) is 2.90. The normalized spacial score (nSPS) is 9.88. The molecule has 0 unspecified atom stereocenters. The van der Waals surface area contributed by atoms with Gasteiger partial charge >= 0.3 is 0 Å². The summed E-state index contributed by atoms with van der Waals surface area (Å²) in [6.45, 7) is 0.187. The Morgan fingerprint density at radius 3 is 2.88 bits per heavy atom. The number of carbonyl (C=O) groups is 1. The van der Waals surface area contributed by atoms with E-state index in [1.807, 2.05) is 18.2 Å². The number of benzene rings is 1. The first-order chi connectivity index (χ1) is 8.20. The zero-order valence-corrected chi connectivity index (χ0v) is 10.5. The van der Waals surface area contributed by atoms with Crippen molar-refractivity contribution in [3.05, 3.63) is 58.3 Å². The number of nitriles is 1. The largest absolute Gasteiger partial charge is 0.332 e. The van der Waals surface area contributed by atoms with Gasteiger partial charge in [-0.1, -0.05) is 28.1 Å². The van der Waals surface area contributed by atoms with Gasteiger partial charge in [-0.25, -0.2) is 0 Å². The predicted octanol–water partition coefficient (Wildman–Crippen LogP) is 3.01. The second-order valence-corrected chi connectivity index (χ2v) is 4.48. The van der Waals surface area contributed by atoms with Crippen molar-refractivity contribution in [1.29, 1.82) is 5.26 Å². The average Bonchev–Trinajstić information content (AvgIpc) is 2.76. The summed E-state index contributed by atoms with van der Waals surface area (Å²) in [6.07, 6.45) is 1.73. The third-order valence-electron chi connectivity index (χ3n) is 2.40. The van der Waals surface area contributed by atoms with Crippen LogP contribution in [0.4, 0.5) is 0 Å². The van der Waals surface area contributed by atoms with Crippen LogP contribution in [0.2, 0.25) is 0 Å². The molecule has 3 nitrogen and oxygen atoms in total. The summed E-state index contributed by atoms with van der Waals surface area (Å²) < 4.78 is 2.51. The number of hydrogen-bond donors (Lipinski definition) is 0. The molecule has 0 bridgehead atoms. The highest BCUT2D eigenvalue weighted by Gasteiger charge is 2.08. The van der Waals surface area contributed by atoms with E-state index in [0.717, 1.165) is 4.47 Å². The SMILES string of the molecule is N#Cc1cccn1CC(=O)c1cccc(Br)c1. The zero-order chi connectivity index (χ0) is 12.3. The molecule has 0 atom stereocenters. The maximum absolute atomic E-state index is 12.0. The van der Waals surface area contributed by atoms with Gasteiger partial charge in [0.25, 0.3) is 0 Å². The smallest absolute Gasteiger partial charge is 0.182 e. The molecule has 0 aliphatic carbocycles. The van der Waals surface area contributed by atoms with Crippen LogP contribution in [0, 0.1) is 11.3 Å². The van der Waals surface area contributed by atoms with Crippen LogP contribution in [0.15, 0.2) is 47.1 Å². The van der Waals surface area contributed by atoms with E-state index in [-0.39, 0.29) is 12.3 Å². The third kappa shape index (κ3) is 2.63. The van der Waals surface area contributed by atoms with Gasteiger partial charge in [0.2, 0.25) is 0 Å². The molecular formula is C13H9BrN2O. The lowest BCUT2D eigenvalue weighted by molar-refractivity contribution is 0.0972.